The van der Waals surface area contributed by atoms with Crippen molar-refractivity contribution in [2.45, 2.75) is 6.55 Å². The number of alkyl halides is 2. The fourth-order valence-electron chi connectivity index (χ4n) is 0.584. The Labute approximate surface area is 69.7 Å². The molecule has 0 aliphatic heterocycles. The zero-order valence-electron chi connectivity index (χ0n) is 5.45. The predicted octanol–water partition coefficient (Wildman–Crippen LogP) is 1.84. The topological polar surface area (TPSA) is 61.0 Å². The minimum absolute atomic E-state index is 0.125. The number of rotatable bonds is 2. The van der Waals surface area contributed by atoms with Crippen LogP contribution in [0.25, 0.3) is 0 Å². The second kappa shape index (κ2) is 3.02. The third-order valence-electron chi connectivity index (χ3n) is 1.04. The van der Waals surface area contributed by atoms with Crippen LogP contribution in [0.5, 0.6) is 0 Å². The van der Waals surface area contributed by atoms with E-state index >= 15 is 0 Å². The van der Waals surface area contributed by atoms with Gasteiger partial charge in [0.2, 0.25) is 0 Å². The monoisotopic (exact) mass is 197 g/mol. The van der Waals surface area contributed by atoms with Crippen LogP contribution in [0.4, 0.5) is 14.6 Å². The molecule has 1 rings (SSSR count). The van der Waals surface area contributed by atoms with Crippen molar-refractivity contribution in [1.29, 1.82) is 0 Å². The van der Waals surface area contributed by atoms with Crippen LogP contribution in [-0.2, 0) is 0 Å². The number of aromatic nitrogens is 2. The summed E-state index contributed by atoms with van der Waals surface area (Å²) in [7, 11) is 0. The number of hydrogen-bond acceptors (Lipinski definition) is 3. The first kappa shape index (κ1) is 8.85. The van der Waals surface area contributed by atoms with Crippen molar-refractivity contribution in [3.05, 3.63) is 21.3 Å². The van der Waals surface area contributed by atoms with Crippen LogP contribution < -0.4 is 0 Å². The lowest BCUT2D eigenvalue weighted by atomic mass is 10.6. The van der Waals surface area contributed by atoms with E-state index in [1.165, 1.54) is 0 Å². The highest BCUT2D eigenvalue weighted by molar-refractivity contribution is 6.32. The Kier molecular flexibility index (Phi) is 2.22. The average Bonchev–Trinajstić information content (AvgIpc) is 2.30. The molecule has 12 heavy (non-hydrogen) atoms. The maximum Gasteiger partial charge on any atom is 0.408 e. The molecule has 0 atom stereocenters. The van der Waals surface area contributed by atoms with Gasteiger partial charge >= 0.3 is 12.4 Å². The summed E-state index contributed by atoms with van der Waals surface area (Å²) in [4.78, 5) is 9.13. The van der Waals surface area contributed by atoms with Crippen molar-refractivity contribution >= 4 is 17.4 Å². The molecule has 1 aromatic rings. The molecule has 0 spiro atoms. The minimum atomic E-state index is -2.92. The molecule has 66 valence electrons. The smallest absolute Gasteiger partial charge is 0.358 e. The quantitative estimate of drug-likeness (QED) is 0.537. The van der Waals surface area contributed by atoms with Gasteiger partial charge in [0.25, 0.3) is 0 Å². The summed E-state index contributed by atoms with van der Waals surface area (Å²) in [5, 5.41) is 12.6. The van der Waals surface area contributed by atoms with Gasteiger partial charge in [0.05, 0.1) is 11.3 Å². The van der Waals surface area contributed by atoms with Gasteiger partial charge in [-0.3, -0.25) is 0 Å². The lowest BCUT2D eigenvalue weighted by molar-refractivity contribution is -0.389. The third kappa shape index (κ3) is 1.50. The van der Waals surface area contributed by atoms with Crippen LogP contribution in [0.1, 0.15) is 6.55 Å². The summed E-state index contributed by atoms with van der Waals surface area (Å²) >= 11 is 5.23. The molecule has 0 aliphatic rings. The fourth-order valence-corrected chi connectivity index (χ4v) is 0.790. The van der Waals surface area contributed by atoms with Gasteiger partial charge in [-0.05, 0) is 4.92 Å². The second-order valence-corrected chi connectivity index (χ2v) is 2.22. The molecule has 0 saturated heterocycles. The van der Waals surface area contributed by atoms with E-state index in [4.69, 9.17) is 11.6 Å². The van der Waals surface area contributed by atoms with E-state index in [1.54, 1.807) is 0 Å². The summed E-state index contributed by atoms with van der Waals surface area (Å²) < 4.78 is 23.8. The predicted molar refractivity (Wildman–Crippen MR) is 35.1 cm³/mol. The molecule has 0 N–H and O–H groups in total. The molecule has 0 fully saturated rings. The lowest BCUT2D eigenvalue weighted by Gasteiger charge is -1.88. The zero-order chi connectivity index (χ0) is 9.30. The maximum absolute atomic E-state index is 11.8. The minimum Gasteiger partial charge on any atom is -0.358 e. The first-order valence-corrected chi connectivity index (χ1v) is 3.07. The Morgan fingerprint density at radius 1 is 1.75 bits per heavy atom. The molecule has 0 aromatic carbocycles. The maximum atomic E-state index is 11.8. The number of nitro groups is 1. The Morgan fingerprint density at radius 2 is 2.33 bits per heavy atom. The van der Waals surface area contributed by atoms with E-state index in [0.29, 0.717) is 6.20 Å². The summed E-state index contributed by atoms with van der Waals surface area (Å²) in [6.07, 6.45) is 0.699. The van der Waals surface area contributed by atoms with Crippen molar-refractivity contribution in [3.63, 3.8) is 0 Å². The van der Waals surface area contributed by atoms with Gasteiger partial charge in [0, 0.05) is 0 Å². The highest BCUT2D eigenvalue weighted by Gasteiger charge is 2.22. The van der Waals surface area contributed by atoms with Crippen molar-refractivity contribution < 1.29 is 13.7 Å². The van der Waals surface area contributed by atoms with E-state index < -0.39 is 22.3 Å². The first-order valence-electron chi connectivity index (χ1n) is 2.69. The lowest BCUT2D eigenvalue weighted by Crippen LogP contribution is -1.99. The van der Waals surface area contributed by atoms with E-state index in [2.05, 4.69) is 5.10 Å². The van der Waals surface area contributed by atoms with Crippen LogP contribution in [0.15, 0.2) is 6.20 Å². The molecule has 0 amide bonds. The van der Waals surface area contributed by atoms with E-state index in [0.717, 1.165) is 0 Å². The average molecular weight is 198 g/mol. The molecule has 5 nitrogen and oxygen atoms in total. The highest BCUT2D eigenvalue weighted by Crippen LogP contribution is 2.23. The van der Waals surface area contributed by atoms with Gasteiger partial charge in [-0.15, -0.1) is 4.68 Å². The number of hydrogen-bond donors (Lipinski definition) is 0. The molecule has 1 heterocycles. The Bertz CT molecular complexity index is 313. The summed E-state index contributed by atoms with van der Waals surface area (Å²) in [5.74, 6) is -0.767. The van der Waals surface area contributed by atoms with E-state index in [-0.39, 0.29) is 4.68 Å². The first-order chi connectivity index (χ1) is 5.52. The van der Waals surface area contributed by atoms with Gasteiger partial charge in [-0.1, -0.05) is 11.6 Å². The van der Waals surface area contributed by atoms with Crippen LogP contribution in [0.3, 0.4) is 0 Å². The van der Waals surface area contributed by atoms with Gasteiger partial charge in [-0.25, -0.2) is 0 Å². The van der Waals surface area contributed by atoms with Gasteiger partial charge in [0.1, 0.15) is 0 Å². The number of nitrogens with zero attached hydrogens (tertiary/aromatic N) is 3. The molecule has 8 heteroatoms. The Morgan fingerprint density at radius 3 is 2.58 bits per heavy atom. The van der Waals surface area contributed by atoms with Gasteiger partial charge < -0.3 is 10.1 Å². The van der Waals surface area contributed by atoms with Crippen molar-refractivity contribution in [1.82, 2.24) is 9.78 Å². The SMILES string of the molecule is O=[N+]([O-])c1nn(C(F)F)cc1Cl. The van der Waals surface area contributed by atoms with E-state index in [1.807, 2.05) is 0 Å². The standard InChI is InChI=1S/C4H2ClF2N3O2/c5-2-1-9(4(6)7)8-3(2)10(11)12/h1,4H. The Balaban J connectivity index is 3.09. The number of halogens is 3. The Hall–Kier alpha value is -1.24. The summed E-state index contributed by atoms with van der Waals surface area (Å²) in [6.45, 7) is -2.92. The molecular formula is C4H2ClF2N3O2. The highest BCUT2D eigenvalue weighted by atomic mass is 35.5. The van der Waals surface area contributed by atoms with Gasteiger partial charge in [-0.2, -0.15) is 8.78 Å². The molecular weight excluding hydrogens is 196 g/mol. The van der Waals surface area contributed by atoms with Gasteiger partial charge in [0.15, 0.2) is 5.02 Å². The molecule has 0 bridgehead atoms. The van der Waals surface area contributed by atoms with Crippen LogP contribution >= 0.6 is 11.6 Å². The fraction of sp³-hybridized carbons (Fsp3) is 0.250. The molecule has 0 unspecified atom stereocenters. The normalized spacial score (nSPS) is 10.7. The van der Waals surface area contributed by atoms with Crippen molar-refractivity contribution in [3.8, 4) is 0 Å². The largest absolute Gasteiger partial charge is 0.408 e. The molecule has 0 saturated carbocycles. The zero-order valence-corrected chi connectivity index (χ0v) is 6.20. The molecule has 0 radical (unpaired) electrons. The molecule has 0 aliphatic carbocycles. The summed E-state index contributed by atoms with van der Waals surface area (Å²) in [5.41, 5.74) is 0. The van der Waals surface area contributed by atoms with Crippen LogP contribution in [-0.4, -0.2) is 14.7 Å². The second-order valence-electron chi connectivity index (χ2n) is 1.82. The van der Waals surface area contributed by atoms with Crippen molar-refractivity contribution in [2.24, 2.45) is 0 Å². The molecule has 1 aromatic heterocycles. The summed E-state index contributed by atoms with van der Waals surface area (Å²) in [6, 6.07) is 0. The van der Waals surface area contributed by atoms with E-state index in [9.17, 15) is 18.9 Å². The van der Waals surface area contributed by atoms with Crippen LogP contribution in [0.2, 0.25) is 5.02 Å². The third-order valence-corrected chi connectivity index (χ3v) is 1.31. The van der Waals surface area contributed by atoms with Crippen LogP contribution in [0, 0.1) is 10.1 Å². The van der Waals surface area contributed by atoms with Crippen molar-refractivity contribution in [2.75, 3.05) is 0 Å².